The van der Waals surface area contributed by atoms with Crippen LogP contribution in [0.15, 0.2) is 91.0 Å². The van der Waals surface area contributed by atoms with Gasteiger partial charge in [-0.15, -0.1) is 0 Å². The molecule has 4 rings (SSSR count). The van der Waals surface area contributed by atoms with Gasteiger partial charge in [-0.2, -0.15) is 0 Å². The van der Waals surface area contributed by atoms with Crippen molar-refractivity contribution in [3.05, 3.63) is 96.6 Å². The normalized spacial score (nSPS) is 22.5. The van der Waals surface area contributed by atoms with Crippen LogP contribution >= 0.6 is 0 Å². The van der Waals surface area contributed by atoms with E-state index in [1.807, 2.05) is 66.7 Å². The predicted octanol–water partition coefficient (Wildman–Crippen LogP) is 2.92. The molecule has 0 unspecified atom stereocenters. The van der Waals surface area contributed by atoms with Crippen LogP contribution in [0.2, 0.25) is 12.1 Å². The van der Waals surface area contributed by atoms with E-state index in [4.69, 9.17) is 9.47 Å². The van der Waals surface area contributed by atoms with Crippen LogP contribution < -0.4 is 15.7 Å². The first-order valence-corrected chi connectivity index (χ1v) is 13.7. The van der Waals surface area contributed by atoms with Gasteiger partial charge in [0, 0.05) is 11.6 Å². The number of hydrogen-bond donors (Lipinski definition) is 1. The number of methoxy groups -OCH3 is 2. The van der Waals surface area contributed by atoms with Gasteiger partial charge in [0.25, 0.3) is 0 Å². The molecule has 3 aromatic carbocycles. The molecular weight excluding hydrogens is 430 g/mol. The summed E-state index contributed by atoms with van der Waals surface area (Å²) in [5.74, 6) is -1.24. The smallest absolute Gasteiger partial charge is 0.322 e. The van der Waals surface area contributed by atoms with Crippen molar-refractivity contribution in [3.8, 4) is 0 Å². The fourth-order valence-corrected chi connectivity index (χ4v) is 10.2. The number of benzene rings is 3. The Hall–Kier alpha value is -3.22. The molecule has 6 heteroatoms. The molecule has 1 aliphatic heterocycles. The fourth-order valence-electron chi connectivity index (χ4n) is 5.35. The molecule has 1 fully saturated rings. The number of ether oxygens (including phenoxy) is 2. The Labute approximate surface area is 195 Å². The van der Waals surface area contributed by atoms with Crippen molar-refractivity contribution in [2.45, 2.75) is 24.2 Å². The van der Waals surface area contributed by atoms with Gasteiger partial charge in [-0.3, -0.25) is 14.9 Å². The fraction of sp³-hybridized carbons (Fsp3) is 0.259. The summed E-state index contributed by atoms with van der Waals surface area (Å²) in [6.07, 6.45) is 0. The molecule has 0 aromatic heterocycles. The largest absolute Gasteiger partial charge is 0.469 e. The molecule has 3 aromatic rings. The highest BCUT2D eigenvalue weighted by molar-refractivity contribution is 7.02. The molecule has 4 atom stereocenters. The monoisotopic (exact) mass is 459 g/mol. The van der Waals surface area contributed by atoms with E-state index in [1.54, 1.807) is 0 Å². The highest BCUT2D eigenvalue weighted by Crippen LogP contribution is 2.47. The Morgan fingerprint density at radius 1 is 0.727 bits per heavy atom. The Morgan fingerprint density at radius 3 is 1.64 bits per heavy atom. The minimum atomic E-state index is -2.69. The minimum absolute atomic E-state index is 0.321. The zero-order valence-corrected chi connectivity index (χ0v) is 20.1. The van der Waals surface area contributed by atoms with Gasteiger partial charge < -0.3 is 9.47 Å². The summed E-state index contributed by atoms with van der Waals surface area (Å²) >= 11 is 0. The van der Waals surface area contributed by atoms with Crippen LogP contribution in [0.25, 0.3) is 0 Å². The number of nitrogens with one attached hydrogen (secondary N) is 1. The standard InChI is InChI=1S/C27H29NO4Si/c1-31-26(29)22-23(19-13-7-4-8-14-19)28-24(27(30)32-2)25(22)33(3,20-15-9-5-10-16-20)21-17-11-6-12-18-21/h4-18,22-25,28H,1-3H3/t22-,23+,24+,25+/m1/s1. The lowest BCUT2D eigenvalue weighted by molar-refractivity contribution is -0.146. The highest BCUT2D eigenvalue weighted by atomic mass is 28.3. The van der Waals surface area contributed by atoms with Crippen LogP contribution in [-0.4, -0.2) is 40.3 Å². The molecule has 1 aliphatic rings. The quantitative estimate of drug-likeness (QED) is 0.454. The molecule has 0 amide bonds. The van der Waals surface area contributed by atoms with Gasteiger partial charge in [-0.25, -0.2) is 0 Å². The van der Waals surface area contributed by atoms with Crippen molar-refractivity contribution >= 4 is 30.4 Å². The summed E-state index contributed by atoms with van der Waals surface area (Å²) in [5.41, 5.74) is 0.620. The van der Waals surface area contributed by atoms with Gasteiger partial charge in [0.05, 0.1) is 20.1 Å². The molecule has 0 aliphatic carbocycles. The number of carbonyl (C=O) groups excluding carboxylic acids is 2. The number of esters is 2. The van der Waals surface area contributed by atoms with Gasteiger partial charge in [0.2, 0.25) is 0 Å². The molecule has 1 N–H and O–H groups in total. The summed E-state index contributed by atoms with van der Waals surface area (Å²) in [4.78, 5) is 26.5. The molecule has 5 nitrogen and oxygen atoms in total. The summed E-state index contributed by atoms with van der Waals surface area (Å²) in [5, 5.41) is 5.78. The first-order valence-electron chi connectivity index (χ1n) is 11.1. The summed E-state index contributed by atoms with van der Waals surface area (Å²) in [6.45, 7) is 2.24. The van der Waals surface area contributed by atoms with Crippen molar-refractivity contribution in [1.82, 2.24) is 5.32 Å². The average Bonchev–Trinajstić information content (AvgIpc) is 3.30. The molecule has 33 heavy (non-hydrogen) atoms. The van der Waals surface area contributed by atoms with Gasteiger partial charge in [0.15, 0.2) is 0 Å². The maximum Gasteiger partial charge on any atom is 0.322 e. The number of carbonyl (C=O) groups is 2. The van der Waals surface area contributed by atoms with Crippen molar-refractivity contribution in [3.63, 3.8) is 0 Å². The average molecular weight is 460 g/mol. The minimum Gasteiger partial charge on any atom is -0.469 e. The van der Waals surface area contributed by atoms with E-state index in [0.717, 1.165) is 15.9 Å². The highest BCUT2D eigenvalue weighted by Gasteiger charge is 2.59. The molecule has 0 radical (unpaired) electrons. The third-order valence-electron chi connectivity index (χ3n) is 6.97. The third kappa shape index (κ3) is 4.12. The van der Waals surface area contributed by atoms with Crippen LogP contribution in [-0.2, 0) is 19.1 Å². The third-order valence-corrected chi connectivity index (χ3v) is 12.1. The lowest BCUT2D eigenvalue weighted by Crippen LogP contribution is -2.64. The summed E-state index contributed by atoms with van der Waals surface area (Å²) < 4.78 is 10.6. The maximum absolute atomic E-state index is 13.4. The Morgan fingerprint density at radius 2 is 1.18 bits per heavy atom. The second kappa shape index (κ2) is 9.73. The summed E-state index contributed by atoms with van der Waals surface area (Å²) in [7, 11) is 0.119. The van der Waals surface area contributed by atoms with E-state index >= 15 is 0 Å². The SMILES string of the molecule is COC(=O)[C@H]1[C@H]([Si](C)(c2ccccc2)c2ccccc2)[C@@H](C(=O)OC)N[C@H]1c1ccccc1. The summed E-state index contributed by atoms with van der Waals surface area (Å²) in [6, 6.07) is 29.2. The van der Waals surface area contributed by atoms with Crippen molar-refractivity contribution < 1.29 is 19.1 Å². The molecule has 1 saturated heterocycles. The first-order chi connectivity index (χ1) is 16.0. The van der Waals surface area contributed by atoms with E-state index in [2.05, 4.69) is 36.1 Å². The Kier molecular flexibility index (Phi) is 6.77. The van der Waals surface area contributed by atoms with Gasteiger partial charge in [0.1, 0.15) is 14.1 Å². The van der Waals surface area contributed by atoms with Crippen LogP contribution in [0.4, 0.5) is 0 Å². The number of hydrogen-bond acceptors (Lipinski definition) is 5. The topological polar surface area (TPSA) is 64.6 Å². The van der Waals surface area contributed by atoms with Gasteiger partial charge in [-0.05, 0) is 5.56 Å². The maximum atomic E-state index is 13.4. The van der Waals surface area contributed by atoms with E-state index < -0.39 is 20.0 Å². The molecule has 0 spiro atoms. The van der Waals surface area contributed by atoms with Crippen molar-refractivity contribution in [2.75, 3.05) is 14.2 Å². The molecule has 0 bridgehead atoms. The van der Waals surface area contributed by atoms with Crippen molar-refractivity contribution in [1.29, 1.82) is 0 Å². The zero-order chi connectivity index (χ0) is 23.4. The second-order valence-corrected chi connectivity index (χ2v) is 12.8. The molecule has 170 valence electrons. The van der Waals surface area contributed by atoms with Crippen molar-refractivity contribution in [2.24, 2.45) is 5.92 Å². The lowest BCUT2D eigenvalue weighted by atomic mass is 9.93. The second-order valence-electron chi connectivity index (χ2n) is 8.56. The van der Waals surface area contributed by atoms with E-state index in [9.17, 15) is 9.59 Å². The predicted molar refractivity (Wildman–Crippen MR) is 131 cm³/mol. The van der Waals surface area contributed by atoms with Crippen LogP contribution in [0.5, 0.6) is 0 Å². The van der Waals surface area contributed by atoms with E-state index in [1.165, 1.54) is 14.2 Å². The molecule has 0 saturated carbocycles. The molecule has 1 heterocycles. The van der Waals surface area contributed by atoms with E-state index in [0.29, 0.717) is 0 Å². The first kappa shape index (κ1) is 23.0. The van der Waals surface area contributed by atoms with E-state index in [-0.39, 0.29) is 23.5 Å². The Bertz CT molecular complexity index is 1050. The Balaban J connectivity index is 1.97. The van der Waals surface area contributed by atoms with Crippen LogP contribution in [0.1, 0.15) is 11.6 Å². The lowest BCUT2D eigenvalue weighted by Gasteiger charge is -2.39. The zero-order valence-electron chi connectivity index (χ0n) is 19.1. The molecular formula is C27H29NO4Si. The van der Waals surface area contributed by atoms with Gasteiger partial charge >= 0.3 is 11.9 Å². The van der Waals surface area contributed by atoms with Crippen LogP contribution in [0.3, 0.4) is 0 Å². The van der Waals surface area contributed by atoms with Gasteiger partial charge in [-0.1, -0.05) is 108 Å². The van der Waals surface area contributed by atoms with Crippen LogP contribution in [0, 0.1) is 5.92 Å². The number of rotatable bonds is 6.